The van der Waals surface area contributed by atoms with Crippen LogP contribution >= 0.6 is 27.5 Å². The first-order chi connectivity index (χ1) is 9.47. The van der Waals surface area contributed by atoms with Crippen LogP contribution in [0.1, 0.15) is 21.0 Å². The normalized spacial score (nSPS) is 10.1. The Hall–Kier alpha value is -1.92. The van der Waals surface area contributed by atoms with Gasteiger partial charge in [-0.25, -0.2) is 9.78 Å². The lowest BCUT2D eigenvalue weighted by Gasteiger charge is -2.06. The molecule has 102 valence electrons. The second-order valence-electron chi connectivity index (χ2n) is 3.80. The topological polar surface area (TPSA) is 79.3 Å². The van der Waals surface area contributed by atoms with E-state index in [0.717, 1.165) is 0 Å². The summed E-state index contributed by atoms with van der Waals surface area (Å²) in [6, 6.07) is 9.11. The summed E-state index contributed by atoms with van der Waals surface area (Å²) in [5.74, 6) is -1.68. The van der Waals surface area contributed by atoms with Crippen LogP contribution < -0.4 is 5.32 Å². The van der Waals surface area contributed by atoms with Gasteiger partial charge in [0.1, 0.15) is 11.4 Å². The predicted molar refractivity (Wildman–Crippen MR) is 78.3 cm³/mol. The van der Waals surface area contributed by atoms with Crippen LogP contribution in [0, 0.1) is 0 Å². The number of hydrogen-bond acceptors (Lipinski definition) is 3. The fraction of sp³-hybridized carbons (Fsp3) is 0. The highest BCUT2D eigenvalue weighted by Gasteiger charge is 2.12. The molecule has 0 aliphatic heterocycles. The number of carboxylic acid groups (broad SMARTS) is 1. The first-order valence-corrected chi connectivity index (χ1v) is 6.61. The lowest BCUT2D eigenvalue weighted by Crippen LogP contribution is -2.15. The Bertz CT molecular complexity index is 691. The molecule has 0 saturated heterocycles. The van der Waals surface area contributed by atoms with Crippen molar-refractivity contribution in [2.24, 2.45) is 0 Å². The summed E-state index contributed by atoms with van der Waals surface area (Å²) in [6.45, 7) is 0. The van der Waals surface area contributed by atoms with Gasteiger partial charge in [0.2, 0.25) is 0 Å². The maximum atomic E-state index is 12.0. The molecule has 0 saturated carbocycles. The summed E-state index contributed by atoms with van der Waals surface area (Å²) in [6.07, 6.45) is 0. The first-order valence-electron chi connectivity index (χ1n) is 5.44. The molecule has 1 heterocycles. The molecule has 0 fully saturated rings. The average Bonchev–Trinajstić information content (AvgIpc) is 2.43. The van der Waals surface area contributed by atoms with Crippen molar-refractivity contribution in [1.29, 1.82) is 0 Å². The first kappa shape index (κ1) is 14.5. The number of anilines is 1. The molecule has 7 heteroatoms. The van der Waals surface area contributed by atoms with Crippen LogP contribution in [-0.2, 0) is 0 Å². The van der Waals surface area contributed by atoms with E-state index in [0.29, 0.717) is 15.2 Å². The summed E-state index contributed by atoms with van der Waals surface area (Å²) >= 11 is 9.10. The van der Waals surface area contributed by atoms with Gasteiger partial charge in [0.25, 0.3) is 5.91 Å². The zero-order valence-electron chi connectivity index (χ0n) is 9.93. The second kappa shape index (κ2) is 6.02. The molecule has 0 aliphatic rings. The summed E-state index contributed by atoms with van der Waals surface area (Å²) in [5, 5.41) is 12.0. The maximum absolute atomic E-state index is 12.0. The molecule has 0 spiro atoms. The van der Waals surface area contributed by atoms with Crippen LogP contribution in [-0.4, -0.2) is 22.0 Å². The van der Waals surface area contributed by atoms with Crippen molar-refractivity contribution in [3.05, 3.63) is 57.3 Å². The van der Waals surface area contributed by atoms with E-state index in [2.05, 4.69) is 26.2 Å². The number of nitrogens with one attached hydrogen (secondary N) is 1. The Morgan fingerprint density at radius 1 is 1.20 bits per heavy atom. The molecular weight excluding hydrogens is 348 g/mol. The number of aromatic carboxylic acids is 1. The second-order valence-corrected chi connectivity index (χ2v) is 5.06. The van der Waals surface area contributed by atoms with Gasteiger partial charge in [-0.1, -0.05) is 17.7 Å². The quantitative estimate of drug-likeness (QED) is 0.884. The number of carboxylic acids is 1. The number of amides is 1. The van der Waals surface area contributed by atoms with Gasteiger partial charge < -0.3 is 10.4 Å². The Morgan fingerprint density at radius 2 is 1.90 bits per heavy atom. The third-order valence-electron chi connectivity index (χ3n) is 2.38. The number of halogens is 2. The van der Waals surface area contributed by atoms with Crippen molar-refractivity contribution in [3.63, 3.8) is 0 Å². The smallest absolute Gasteiger partial charge is 0.354 e. The highest BCUT2D eigenvalue weighted by molar-refractivity contribution is 9.10. The van der Waals surface area contributed by atoms with Crippen molar-refractivity contribution in [2.75, 3.05) is 5.32 Å². The number of aromatic nitrogens is 1. The number of carbonyl (C=O) groups excluding carboxylic acids is 1. The van der Waals surface area contributed by atoms with E-state index in [9.17, 15) is 9.59 Å². The standard InChI is InChI=1S/C13H8BrClN2O3/c14-8-6-7(4-5-9(8)15)16-12(18)10-2-1-3-11(17-10)13(19)20/h1-6H,(H,16,18)(H,19,20). The summed E-state index contributed by atoms with van der Waals surface area (Å²) in [7, 11) is 0. The molecular formula is C13H8BrClN2O3. The third-order valence-corrected chi connectivity index (χ3v) is 3.59. The molecule has 1 aromatic heterocycles. The van der Waals surface area contributed by atoms with Gasteiger partial charge in [-0.3, -0.25) is 4.79 Å². The fourth-order valence-electron chi connectivity index (χ4n) is 1.45. The van der Waals surface area contributed by atoms with Crippen LogP contribution in [0.25, 0.3) is 0 Å². The number of nitrogens with zero attached hydrogens (tertiary/aromatic N) is 1. The minimum atomic E-state index is -1.19. The Balaban J connectivity index is 2.21. The van der Waals surface area contributed by atoms with E-state index < -0.39 is 11.9 Å². The van der Waals surface area contributed by atoms with Crippen LogP contribution in [0.4, 0.5) is 5.69 Å². The largest absolute Gasteiger partial charge is 0.477 e. The molecule has 5 nitrogen and oxygen atoms in total. The average molecular weight is 356 g/mol. The monoisotopic (exact) mass is 354 g/mol. The lowest BCUT2D eigenvalue weighted by molar-refractivity contribution is 0.0690. The van der Waals surface area contributed by atoms with Gasteiger partial charge in [0, 0.05) is 10.2 Å². The number of hydrogen-bond donors (Lipinski definition) is 2. The highest BCUT2D eigenvalue weighted by atomic mass is 79.9. The number of carbonyl (C=O) groups is 2. The highest BCUT2D eigenvalue weighted by Crippen LogP contribution is 2.25. The predicted octanol–water partition coefficient (Wildman–Crippen LogP) is 3.45. The number of benzene rings is 1. The zero-order chi connectivity index (χ0) is 14.7. The SMILES string of the molecule is O=C(O)c1cccc(C(=O)Nc2ccc(Cl)c(Br)c2)n1. The van der Waals surface area contributed by atoms with Crippen LogP contribution in [0.15, 0.2) is 40.9 Å². The molecule has 2 N–H and O–H groups in total. The summed E-state index contributed by atoms with van der Waals surface area (Å²) in [5.41, 5.74) is 0.361. The van der Waals surface area contributed by atoms with Crippen molar-refractivity contribution >= 4 is 45.1 Å². The van der Waals surface area contributed by atoms with Crippen LogP contribution in [0.3, 0.4) is 0 Å². The van der Waals surface area contributed by atoms with Gasteiger partial charge in [-0.15, -0.1) is 0 Å². The number of pyridine rings is 1. The Morgan fingerprint density at radius 3 is 2.55 bits per heavy atom. The Labute approximate surface area is 127 Å². The third kappa shape index (κ3) is 3.34. The van der Waals surface area contributed by atoms with Crippen molar-refractivity contribution < 1.29 is 14.7 Å². The van der Waals surface area contributed by atoms with E-state index in [1.807, 2.05) is 0 Å². The molecule has 1 aromatic carbocycles. The number of rotatable bonds is 3. The molecule has 0 radical (unpaired) electrons. The van der Waals surface area contributed by atoms with E-state index in [1.165, 1.54) is 18.2 Å². The lowest BCUT2D eigenvalue weighted by atomic mass is 10.2. The summed E-state index contributed by atoms with van der Waals surface area (Å²) in [4.78, 5) is 26.5. The molecule has 2 aromatic rings. The molecule has 0 aliphatic carbocycles. The van der Waals surface area contributed by atoms with Crippen molar-refractivity contribution in [3.8, 4) is 0 Å². The molecule has 0 bridgehead atoms. The van der Waals surface area contributed by atoms with Crippen LogP contribution in [0.5, 0.6) is 0 Å². The van der Waals surface area contributed by atoms with Gasteiger partial charge >= 0.3 is 5.97 Å². The van der Waals surface area contributed by atoms with Gasteiger partial charge in [0.05, 0.1) is 5.02 Å². The molecule has 20 heavy (non-hydrogen) atoms. The van der Waals surface area contributed by atoms with Gasteiger partial charge in [-0.05, 0) is 46.3 Å². The van der Waals surface area contributed by atoms with E-state index in [4.69, 9.17) is 16.7 Å². The Kier molecular flexibility index (Phi) is 4.36. The fourth-order valence-corrected chi connectivity index (χ4v) is 1.95. The van der Waals surface area contributed by atoms with E-state index in [-0.39, 0.29) is 11.4 Å². The van der Waals surface area contributed by atoms with E-state index in [1.54, 1.807) is 18.2 Å². The molecule has 0 unspecified atom stereocenters. The van der Waals surface area contributed by atoms with E-state index >= 15 is 0 Å². The van der Waals surface area contributed by atoms with Crippen molar-refractivity contribution in [2.45, 2.75) is 0 Å². The minimum absolute atomic E-state index is 0.0240. The van der Waals surface area contributed by atoms with Gasteiger partial charge in [-0.2, -0.15) is 0 Å². The minimum Gasteiger partial charge on any atom is -0.477 e. The maximum Gasteiger partial charge on any atom is 0.354 e. The van der Waals surface area contributed by atoms with Gasteiger partial charge in [0.15, 0.2) is 0 Å². The molecule has 0 atom stereocenters. The summed E-state index contributed by atoms with van der Waals surface area (Å²) < 4.78 is 0.643. The zero-order valence-corrected chi connectivity index (χ0v) is 12.3. The molecule has 1 amide bonds. The van der Waals surface area contributed by atoms with Crippen molar-refractivity contribution in [1.82, 2.24) is 4.98 Å². The molecule has 2 rings (SSSR count). The van der Waals surface area contributed by atoms with Crippen LogP contribution in [0.2, 0.25) is 5.02 Å².